The zero-order valence-corrected chi connectivity index (χ0v) is 30.9. The van der Waals surface area contributed by atoms with Crippen LogP contribution in [0.3, 0.4) is 0 Å². The normalized spacial score (nSPS) is 11.9. The lowest BCUT2D eigenvalue weighted by atomic mass is 9.92. The molecule has 3 heteroatoms. The Morgan fingerprint density at radius 1 is 0.368 bits per heavy atom. The van der Waals surface area contributed by atoms with E-state index in [1.807, 2.05) is 0 Å². The van der Waals surface area contributed by atoms with Gasteiger partial charge in [0.05, 0.1) is 22.4 Å². The van der Waals surface area contributed by atoms with Crippen molar-refractivity contribution in [2.45, 2.75) is 0 Å². The highest BCUT2D eigenvalue weighted by Gasteiger charge is 2.24. The van der Waals surface area contributed by atoms with E-state index >= 15 is 0 Å². The van der Waals surface area contributed by atoms with Gasteiger partial charge >= 0.3 is 0 Å². The van der Waals surface area contributed by atoms with Crippen LogP contribution in [0.1, 0.15) is 0 Å². The van der Waals surface area contributed by atoms with Crippen molar-refractivity contribution in [3.05, 3.63) is 206 Å². The molecule has 2 heterocycles. The number of fused-ring (bicyclic) bond motifs is 10. The number of benzene rings is 10. The second-order valence-electron chi connectivity index (χ2n) is 14.8. The number of nitrogens with zero attached hydrogens (tertiary/aromatic N) is 2. The quantitative estimate of drug-likeness (QED) is 0.165. The molecule has 0 aliphatic heterocycles. The molecule has 10 aromatic carbocycles. The van der Waals surface area contributed by atoms with Gasteiger partial charge in [-0.2, -0.15) is 0 Å². The Labute approximate surface area is 328 Å². The Kier molecular flexibility index (Phi) is 6.93. The van der Waals surface area contributed by atoms with Crippen LogP contribution in [0.25, 0.3) is 92.9 Å². The summed E-state index contributed by atoms with van der Waals surface area (Å²) in [4.78, 5) is 2.45. The SMILES string of the molecule is c1ccc(-n2c3ccccc3c3cccc(N(c4ccc5oc6cccc(-c7cccc8c7ccc7ccccc78)c6c5c4)c4cccc5ccccc45)c32)cc1. The molecule has 0 spiro atoms. The molecule has 2 aromatic heterocycles. The lowest BCUT2D eigenvalue weighted by Crippen LogP contribution is -2.12. The van der Waals surface area contributed by atoms with Crippen molar-refractivity contribution in [2.24, 2.45) is 0 Å². The Morgan fingerprint density at radius 2 is 1.02 bits per heavy atom. The molecular weight excluding hydrogens is 693 g/mol. The van der Waals surface area contributed by atoms with Crippen molar-refractivity contribution in [3.63, 3.8) is 0 Å². The number of furan rings is 1. The van der Waals surface area contributed by atoms with E-state index in [0.29, 0.717) is 0 Å². The monoisotopic (exact) mass is 726 g/mol. The lowest BCUT2D eigenvalue weighted by Gasteiger charge is -2.28. The Hall–Kier alpha value is -7.62. The van der Waals surface area contributed by atoms with Crippen LogP contribution in [0.15, 0.2) is 211 Å². The first-order chi connectivity index (χ1) is 28.3. The maximum absolute atomic E-state index is 6.68. The third-order valence-electron chi connectivity index (χ3n) is 11.7. The number of hydrogen-bond donors (Lipinski definition) is 0. The fourth-order valence-corrected chi connectivity index (χ4v) is 9.29. The van der Waals surface area contributed by atoms with Gasteiger partial charge in [-0.3, -0.25) is 0 Å². The van der Waals surface area contributed by atoms with Crippen LogP contribution < -0.4 is 4.90 Å². The average Bonchev–Trinajstić information content (AvgIpc) is 3.83. The van der Waals surface area contributed by atoms with Crippen molar-refractivity contribution in [1.82, 2.24) is 4.57 Å². The first kappa shape index (κ1) is 31.7. The van der Waals surface area contributed by atoms with Gasteiger partial charge in [0.1, 0.15) is 11.2 Å². The van der Waals surface area contributed by atoms with Crippen LogP contribution in [0.5, 0.6) is 0 Å². The van der Waals surface area contributed by atoms with E-state index in [2.05, 4.69) is 216 Å². The minimum absolute atomic E-state index is 0.862. The Bertz CT molecular complexity index is 3530. The third-order valence-corrected chi connectivity index (χ3v) is 11.7. The number of para-hydroxylation sites is 3. The highest BCUT2D eigenvalue weighted by Crippen LogP contribution is 2.47. The van der Waals surface area contributed by atoms with Crippen LogP contribution >= 0.6 is 0 Å². The fourth-order valence-electron chi connectivity index (χ4n) is 9.29. The summed E-state index contributed by atoms with van der Waals surface area (Å²) in [6, 6.07) is 74.5. The van der Waals surface area contributed by atoms with Crippen molar-refractivity contribution < 1.29 is 4.42 Å². The van der Waals surface area contributed by atoms with Gasteiger partial charge in [0.25, 0.3) is 0 Å². The summed E-state index contributed by atoms with van der Waals surface area (Å²) in [6.45, 7) is 0. The smallest absolute Gasteiger partial charge is 0.136 e. The highest BCUT2D eigenvalue weighted by molar-refractivity contribution is 6.20. The minimum Gasteiger partial charge on any atom is -0.456 e. The molecule has 0 saturated carbocycles. The Morgan fingerprint density at radius 3 is 1.91 bits per heavy atom. The summed E-state index contributed by atoms with van der Waals surface area (Å²) in [7, 11) is 0. The van der Waals surface area contributed by atoms with Crippen molar-refractivity contribution in [1.29, 1.82) is 0 Å². The van der Waals surface area contributed by atoms with Crippen LogP contribution in [0.2, 0.25) is 0 Å². The molecule has 0 N–H and O–H groups in total. The van der Waals surface area contributed by atoms with Crippen LogP contribution in [-0.2, 0) is 0 Å². The molecule has 0 unspecified atom stereocenters. The van der Waals surface area contributed by atoms with E-state index in [1.54, 1.807) is 0 Å². The summed E-state index contributed by atoms with van der Waals surface area (Å²) < 4.78 is 9.10. The zero-order valence-electron chi connectivity index (χ0n) is 30.9. The molecule has 0 amide bonds. The molecule has 266 valence electrons. The van der Waals surface area contributed by atoms with Crippen molar-refractivity contribution in [2.75, 3.05) is 4.90 Å². The largest absolute Gasteiger partial charge is 0.456 e. The first-order valence-electron chi connectivity index (χ1n) is 19.5. The molecule has 0 aliphatic rings. The summed E-state index contributed by atoms with van der Waals surface area (Å²) in [5, 5.41) is 12.0. The van der Waals surface area contributed by atoms with E-state index in [1.165, 1.54) is 54.2 Å². The van der Waals surface area contributed by atoms with E-state index in [4.69, 9.17) is 4.42 Å². The Balaban J connectivity index is 1.17. The van der Waals surface area contributed by atoms with Crippen LogP contribution in [0.4, 0.5) is 17.1 Å². The lowest BCUT2D eigenvalue weighted by molar-refractivity contribution is 0.669. The second-order valence-corrected chi connectivity index (χ2v) is 14.8. The van der Waals surface area contributed by atoms with Crippen molar-refractivity contribution >= 4 is 93.1 Å². The molecule has 0 atom stereocenters. The molecule has 3 nitrogen and oxygen atoms in total. The van der Waals surface area contributed by atoms with Crippen molar-refractivity contribution in [3.8, 4) is 16.8 Å². The minimum atomic E-state index is 0.862. The summed E-state index contributed by atoms with van der Waals surface area (Å²) in [5.41, 5.74) is 10.8. The molecule has 57 heavy (non-hydrogen) atoms. The fraction of sp³-hybridized carbons (Fsp3) is 0. The molecular formula is C54H34N2O. The van der Waals surface area contributed by atoms with Gasteiger partial charge in [-0.15, -0.1) is 0 Å². The van der Waals surface area contributed by atoms with Gasteiger partial charge in [-0.25, -0.2) is 0 Å². The maximum Gasteiger partial charge on any atom is 0.136 e. The summed E-state index contributed by atoms with van der Waals surface area (Å²) >= 11 is 0. The zero-order chi connectivity index (χ0) is 37.5. The van der Waals surface area contributed by atoms with Gasteiger partial charge < -0.3 is 13.9 Å². The van der Waals surface area contributed by atoms with Crippen LogP contribution in [-0.4, -0.2) is 4.57 Å². The molecule has 0 saturated heterocycles. The molecule has 0 fully saturated rings. The maximum atomic E-state index is 6.68. The second kappa shape index (κ2) is 12.5. The molecule has 0 radical (unpaired) electrons. The summed E-state index contributed by atoms with van der Waals surface area (Å²) in [5.74, 6) is 0. The number of rotatable bonds is 5. The van der Waals surface area contributed by atoms with Gasteiger partial charge in [0.2, 0.25) is 0 Å². The van der Waals surface area contributed by atoms with Gasteiger partial charge in [0, 0.05) is 38.3 Å². The highest BCUT2D eigenvalue weighted by atomic mass is 16.3. The van der Waals surface area contributed by atoms with E-state index in [9.17, 15) is 0 Å². The standard InChI is InChI=1S/C54H34N2O/c1-2-17-37(18-3-1)56-49-26-9-8-21-44(49)46-25-12-28-50(54(46)56)55(48-27-10-16-35-14-5-7-20-40(35)48)38-31-33-51-47(34-38)53-45(24-13-29-52(53)57-51)42-23-11-22-41-39-19-6-4-15-36(39)30-32-43(41)42/h1-34H. The van der Waals surface area contributed by atoms with E-state index in [-0.39, 0.29) is 0 Å². The number of anilines is 3. The topological polar surface area (TPSA) is 21.3 Å². The first-order valence-corrected chi connectivity index (χ1v) is 19.5. The predicted molar refractivity (Wildman–Crippen MR) is 241 cm³/mol. The van der Waals surface area contributed by atoms with Gasteiger partial charge in [0.15, 0.2) is 0 Å². The molecule has 0 bridgehead atoms. The predicted octanol–water partition coefficient (Wildman–Crippen LogP) is 15.3. The molecule has 0 aliphatic carbocycles. The molecule has 12 rings (SSSR count). The van der Waals surface area contributed by atoms with E-state index < -0.39 is 0 Å². The summed E-state index contributed by atoms with van der Waals surface area (Å²) in [6.07, 6.45) is 0. The van der Waals surface area contributed by atoms with E-state index in [0.717, 1.165) is 55.8 Å². The number of hydrogen-bond acceptors (Lipinski definition) is 2. The van der Waals surface area contributed by atoms with Gasteiger partial charge in [-0.05, 0) is 92.7 Å². The van der Waals surface area contributed by atoms with Crippen LogP contribution in [0, 0.1) is 0 Å². The average molecular weight is 727 g/mol. The molecule has 12 aromatic rings. The number of aromatic nitrogens is 1. The third kappa shape index (κ3) is 4.79. The van der Waals surface area contributed by atoms with Gasteiger partial charge in [-0.1, -0.05) is 152 Å².